The monoisotopic (exact) mass is 1130 g/mol. The van der Waals surface area contributed by atoms with Gasteiger partial charge >= 0.3 is 12.4 Å². The Bertz CT molecular complexity index is 3570. The van der Waals surface area contributed by atoms with Crippen LogP contribution in [0.3, 0.4) is 0 Å². The standard InChI is InChI=1S/C29H34F3N3O4S.C29H28F3N3O3S/c1-2-40(38,39)25-11-5-19(6-12-25)26(17-36)34-28(37)21-14-20-15-24(35(23-9-10-23)27(20)33-16-21)13-18-3-7-22(8-4-18)29(30,31)32;1-4-39(37,38)26-11-7-21(8-12-26)16-34-28(36)23-14-22-15-25(35(18-19(2)3)27(22)33-17-23)13-20-5-9-24(10-6-20)29(30,31)32/h5-6,11-12,14-16,18,22-23,26,36H,2-4,7-10,13,17H2,1H3,(H,34,37);5-12,14-15,17H,2,4,13,16,18H2,1,3H3,(H,34,36)/t18?,22?,26-;/m0./s1. The smallest absolute Gasteiger partial charge is 0.394 e. The van der Waals surface area contributed by atoms with E-state index >= 15 is 0 Å². The van der Waals surface area contributed by atoms with Gasteiger partial charge in [-0.05, 0) is 135 Å². The van der Waals surface area contributed by atoms with Crippen molar-refractivity contribution in [2.75, 3.05) is 18.1 Å². The van der Waals surface area contributed by atoms with Crippen LogP contribution in [0.2, 0.25) is 0 Å². The molecule has 4 aromatic heterocycles. The van der Waals surface area contributed by atoms with Crippen molar-refractivity contribution in [3.8, 4) is 0 Å². The first-order valence-corrected chi connectivity index (χ1v) is 29.4. The third-order valence-corrected chi connectivity index (χ3v) is 18.0. The number of hydrogen-bond acceptors (Lipinski definition) is 9. The number of halogens is 6. The molecular formula is C58H62F6N6O7S2. The Hall–Kier alpha value is -6.84. The summed E-state index contributed by atoms with van der Waals surface area (Å²) in [7, 11) is -6.66. The van der Waals surface area contributed by atoms with Crippen molar-refractivity contribution in [2.45, 2.75) is 119 Å². The second-order valence-corrected chi connectivity index (χ2v) is 25.0. The number of allylic oxidation sites excluding steroid dienone is 1. The number of aromatic nitrogens is 4. The summed E-state index contributed by atoms with van der Waals surface area (Å²) in [5.74, 6) is -1.79. The van der Waals surface area contributed by atoms with Crippen LogP contribution in [-0.4, -0.2) is 77.1 Å². The molecule has 9 rings (SSSR count). The van der Waals surface area contributed by atoms with Crippen LogP contribution >= 0.6 is 0 Å². The summed E-state index contributed by atoms with van der Waals surface area (Å²) in [5.41, 5.74) is 6.17. The van der Waals surface area contributed by atoms with Gasteiger partial charge in [0.15, 0.2) is 19.7 Å². The number of sulfone groups is 2. The lowest BCUT2D eigenvalue weighted by atomic mass is 9.79. The SMILES string of the molecule is C=C(C)Cn1c(Cc2ccc(C(F)(F)F)cc2)cc2cc(C(=O)NCc3ccc(S(=O)(=O)CC)cc3)cnc21.CCS(=O)(=O)c1ccc([C@H](CO)NC(=O)c2cnc3c(c2)cc(CC2CCC(C(F)(F)F)CC2)n3C2CC2)cc1. The number of aliphatic hydroxyl groups excluding tert-OH is 1. The number of benzene rings is 3. The van der Waals surface area contributed by atoms with Crippen LogP contribution < -0.4 is 10.6 Å². The Balaban J connectivity index is 0.000000208. The van der Waals surface area contributed by atoms with Gasteiger partial charge in [-0.3, -0.25) is 9.59 Å². The van der Waals surface area contributed by atoms with Crippen molar-refractivity contribution < 1.29 is 57.9 Å². The summed E-state index contributed by atoms with van der Waals surface area (Å²) in [5, 5.41) is 17.1. The fourth-order valence-electron chi connectivity index (χ4n) is 9.93. The van der Waals surface area contributed by atoms with E-state index in [-0.39, 0.29) is 59.1 Å². The van der Waals surface area contributed by atoms with Crippen molar-refractivity contribution in [1.82, 2.24) is 29.7 Å². The predicted molar refractivity (Wildman–Crippen MR) is 289 cm³/mol. The average Bonchev–Trinajstić information content (AvgIpc) is 4.20. The van der Waals surface area contributed by atoms with Gasteiger partial charge in [0.25, 0.3) is 11.8 Å². The number of alkyl halides is 6. The minimum atomic E-state index is -4.40. The van der Waals surface area contributed by atoms with Crippen molar-refractivity contribution >= 4 is 53.6 Å². The number of nitrogens with one attached hydrogen (secondary N) is 2. The summed E-state index contributed by atoms with van der Waals surface area (Å²) in [6.45, 7) is 9.30. The molecule has 21 heteroatoms. The second kappa shape index (κ2) is 23.9. The highest BCUT2D eigenvalue weighted by Crippen LogP contribution is 2.43. The molecule has 3 N–H and O–H groups in total. The molecule has 0 unspecified atom stereocenters. The molecule has 4 heterocycles. The van der Waals surface area contributed by atoms with E-state index in [1.54, 1.807) is 50.2 Å². The summed E-state index contributed by atoms with van der Waals surface area (Å²) in [4.78, 5) is 35.5. The zero-order valence-electron chi connectivity index (χ0n) is 43.9. The third kappa shape index (κ3) is 14.1. The molecule has 0 aliphatic heterocycles. The number of rotatable bonds is 18. The normalized spacial score (nSPS) is 16.5. The highest BCUT2D eigenvalue weighted by atomic mass is 32.2. The number of fused-ring (bicyclic) bond motifs is 2. The summed E-state index contributed by atoms with van der Waals surface area (Å²) in [6, 6.07) is 24.5. The summed E-state index contributed by atoms with van der Waals surface area (Å²) >= 11 is 0. The Kier molecular flexibility index (Phi) is 17.6. The van der Waals surface area contributed by atoms with Gasteiger partial charge < -0.3 is 24.9 Å². The topological polar surface area (TPSA) is 182 Å². The lowest BCUT2D eigenvalue weighted by molar-refractivity contribution is -0.183. The van der Waals surface area contributed by atoms with Gasteiger partial charge in [-0.1, -0.05) is 62.4 Å². The molecule has 2 saturated carbocycles. The number of nitrogens with zero attached hydrogens (tertiary/aromatic N) is 4. The van der Waals surface area contributed by atoms with Crippen LogP contribution in [0, 0.1) is 11.8 Å². The zero-order valence-corrected chi connectivity index (χ0v) is 45.5. The first-order valence-electron chi connectivity index (χ1n) is 26.1. The number of carbonyl (C=O) groups is 2. The molecule has 2 amide bonds. The predicted octanol–water partition coefficient (Wildman–Crippen LogP) is 11.5. The quantitative estimate of drug-likeness (QED) is 0.0556. The molecule has 3 aromatic carbocycles. The molecule has 0 saturated heterocycles. The van der Waals surface area contributed by atoms with Crippen LogP contribution in [0.5, 0.6) is 0 Å². The van der Waals surface area contributed by atoms with E-state index in [4.69, 9.17) is 0 Å². The van der Waals surface area contributed by atoms with Gasteiger partial charge in [0.1, 0.15) is 11.3 Å². The van der Waals surface area contributed by atoms with Crippen LogP contribution in [0.1, 0.15) is 126 Å². The molecule has 2 aliphatic rings. The summed E-state index contributed by atoms with van der Waals surface area (Å²) < 4.78 is 130. The fourth-order valence-corrected chi connectivity index (χ4v) is 11.7. The Morgan fingerprint density at radius 2 is 1.24 bits per heavy atom. The van der Waals surface area contributed by atoms with Crippen LogP contribution in [0.4, 0.5) is 26.3 Å². The molecule has 79 heavy (non-hydrogen) atoms. The molecule has 7 aromatic rings. The number of pyridine rings is 2. The Morgan fingerprint density at radius 1 is 0.709 bits per heavy atom. The van der Waals surface area contributed by atoms with Crippen LogP contribution in [0.15, 0.2) is 131 Å². The maximum atomic E-state index is 13.1. The van der Waals surface area contributed by atoms with E-state index in [9.17, 15) is 57.9 Å². The molecule has 13 nitrogen and oxygen atoms in total. The van der Waals surface area contributed by atoms with Gasteiger partial charge in [0.05, 0.1) is 56.6 Å². The zero-order chi connectivity index (χ0) is 57.0. The molecule has 0 radical (unpaired) electrons. The van der Waals surface area contributed by atoms with Crippen molar-refractivity contribution in [2.24, 2.45) is 11.8 Å². The highest BCUT2D eigenvalue weighted by molar-refractivity contribution is 7.91. The number of hydrogen-bond donors (Lipinski definition) is 3. The van der Waals surface area contributed by atoms with Gasteiger partial charge in [0.2, 0.25) is 0 Å². The van der Waals surface area contributed by atoms with E-state index in [1.807, 2.05) is 23.6 Å². The van der Waals surface area contributed by atoms with Gasteiger partial charge in [-0.15, -0.1) is 0 Å². The van der Waals surface area contributed by atoms with Crippen molar-refractivity contribution in [3.63, 3.8) is 0 Å². The van der Waals surface area contributed by atoms with Gasteiger partial charge in [0, 0.05) is 60.1 Å². The van der Waals surface area contributed by atoms with E-state index in [0.717, 1.165) is 63.9 Å². The maximum absolute atomic E-state index is 13.1. The first-order chi connectivity index (χ1) is 37.4. The third-order valence-electron chi connectivity index (χ3n) is 14.5. The minimum Gasteiger partial charge on any atom is -0.394 e. The average molecular weight is 1130 g/mol. The maximum Gasteiger partial charge on any atom is 0.416 e. The van der Waals surface area contributed by atoms with E-state index < -0.39 is 55.5 Å². The van der Waals surface area contributed by atoms with Crippen LogP contribution in [-0.2, 0) is 51.8 Å². The van der Waals surface area contributed by atoms with E-state index in [2.05, 4.69) is 31.7 Å². The summed E-state index contributed by atoms with van der Waals surface area (Å²) in [6.07, 6.45) is -0.982. The minimum absolute atomic E-state index is 0.0126. The van der Waals surface area contributed by atoms with E-state index in [1.165, 1.54) is 48.8 Å². The largest absolute Gasteiger partial charge is 0.416 e. The number of carbonyl (C=O) groups excluding carboxylic acids is 2. The molecule has 420 valence electrons. The van der Waals surface area contributed by atoms with E-state index in [0.29, 0.717) is 66.2 Å². The Morgan fingerprint density at radius 3 is 1.77 bits per heavy atom. The van der Waals surface area contributed by atoms with Crippen molar-refractivity contribution in [3.05, 3.63) is 166 Å². The lowest BCUT2D eigenvalue weighted by Crippen LogP contribution is -2.30. The van der Waals surface area contributed by atoms with Crippen molar-refractivity contribution in [1.29, 1.82) is 0 Å². The lowest BCUT2D eigenvalue weighted by Gasteiger charge is -2.30. The second-order valence-electron chi connectivity index (χ2n) is 20.4. The van der Waals surface area contributed by atoms with Gasteiger partial charge in [-0.2, -0.15) is 26.3 Å². The molecule has 1 atom stereocenters. The molecular weight excluding hydrogens is 1070 g/mol. The number of amides is 2. The highest BCUT2D eigenvalue weighted by Gasteiger charge is 2.42. The Labute approximate surface area is 455 Å². The fraction of sp³-hybridized carbons (Fsp3) is 0.379. The van der Waals surface area contributed by atoms with Gasteiger partial charge in [-0.25, -0.2) is 26.8 Å². The molecule has 0 bridgehead atoms. The molecule has 0 spiro atoms. The van der Waals surface area contributed by atoms with Crippen LogP contribution in [0.25, 0.3) is 22.1 Å². The number of aliphatic hydroxyl groups is 1. The molecule has 2 aliphatic carbocycles. The molecule has 2 fully saturated rings. The first kappa shape index (κ1) is 58.3.